The van der Waals surface area contributed by atoms with Gasteiger partial charge in [-0.15, -0.1) is 23.2 Å². The van der Waals surface area contributed by atoms with E-state index in [9.17, 15) is 9.59 Å². The maximum absolute atomic E-state index is 14.0. The zero-order valence-electron chi connectivity index (χ0n) is 16.7. The monoisotopic (exact) mass is 545 g/mol. The molecule has 0 aromatic heterocycles. The third-order valence-corrected chi connectivity index (χ3v) is 9.55. The Morgan fingerprint density at radius 2 is 1.22 bits per heavy atom. The Labute approximate surface area is 208 Å². The molecule has 1 heterocycles. The largest absolute Gasteiger partial charge is 0.274 e. The topological polar surface area (TPSA) is 37.4 Å². The first kappa shape index (κ1) is 20.7. The van der Waals surface area contributed by atoms with Crippen LogP contribution in [-0.4, -0.2) is 11.8 Å². The first-order valence-electron chi connectivity index (χ1n) is 10.1. The number of benzene rings is 3. The summed E-state index contributed by atoms with van der Waals surface area (Å²) < 4.78 is 0.694. The Morgan fingerprint density at radius 1 is 0.812 bits per heavy atom. The van der Waals surface area contributed by atoms with Crippen molar-refractivity contribution in [2.75, 3.05) is 4.90 Å². The van der Waals surface area contributed by atoms with Crippen molar-refractivity contribution in [2.24, 2.45) is 11.8 Å². The van der Waals surface area contributed by atoms with Gasteiger partial charge in [-0.05, 0) is 62.8 Å². The van der Waals surface area contributed by atoms with Crippen LogP contribution in [0.3, 0.4) is 0 Å². The van der Waals surface area contributed by atoms with Gasteiger partial charge < -0.3 is 0 Å². The summed E-state index contributed by atoms with van der Waals surface area (Å²) in [5, 5.41) is 0.414. The van der Waals surface area contributed by atoms with Crippen molar-refractivity contribution < 1.29 is 9.59 Å². The molecule has 0 spiro atoms. The molecule has 32 heavy (non-hydrogen) atoms. The van der Waals surface area contributed by atoms with E-state index in [4.69, 9.17) is 34.8 Å². The fraction of sp³-hybridized carbons (Fsp3) is 0.200. The number of hydrogen-bond donors (Lipinski definition) is 0. The summed E-state index contributed by atoms with van der Waals surface area (Å²) in [6.07, 6.45) is 0. The molecule has 160 valence electrons. The molecule has 1 aliphatic heterocycles. The van der Waals surface area contributed by atoms with E-state index in [1.54, 1.807) is 12.1 Å². The van der Waals surface area contributed by atoms with E-state index >= 15 is 0 Å². The number of nitrogens with zero attached hydrogens (tertiary/aromatic N) is 1. The van der Waals surface area contributed by atoms with E-state index in [1.165, 1.54) is 4.90 Å². The Kier molecular flexibility index (Phi) is 4.28. The number of imide groups is 1. The van der Waals surface area contributed by atoms with Crippen LogP contribution >= 0.6 is 50.7 Å². The molecule has 2 amide bonds. The normalized spacial score (nSPS) is 29.7. The highest BCUT2D eigenvalue weighted by molar-refractivity contribution is 9.10. The van der Waals surface area contributed by atoms with Gasteiger partial charge in [0.15, 0.2) is 0 Å². The number of amides is 2. The average Bonchev–Trinajstić information content (AvgIpc) is 3.06. The zero-order valence-corrected chi connectivity index (χ0v) is 20.6. The molecular formula is C25H15BrCl3NO2. The smallest absolute Gasteiger partial charge is 0.240 e. The van der Waals surface area contributed by atoms with Crippen molar-refractivity contribution in [3.8, 4) is 0 Å². The first-order valence-corrected chi connectivity index (χ1v) is 12.1. The standard InChI is InChI=1S/C25H15BrCl3NO2/c1-12-10-17(26)18(27)11-19(12)30-22(31)20-21(23(30)32)25(29)14-7-3-2-6-13(14)24(20,28)15-8-4-5-9-16(15)25/h2-11,20-21H,1H3/t20-,21-,24?,25?/m0/s1. The third-order valence-electron chi connectivity index (χ3n) is 7.07. The van der Waals surface area contributed by atoms with E-state index < -0.39 is 21.6 Å². The van der Waals surface area contributed by atoms with E-state index in [2.05, 4.69) is 15.9 Å². The average molecular weight is 548 g/mol. The lowest BCUT2D eigenvalue weighted by Gasteiger charge is -2.54. The number of halogens is 4. The Balaban J connectivity index is 1.65. The predicted octanol–water partition coefficient (Wildman–Crippen LogP) is 6.51. The highest BCUT2D eigenvalue weighted by Crippen LogP contribution is 2.69. The zero-order chi connectivity index (χ0) is 22.6. The van der Waals surface area contributed by atoms with Gasteiger partial charge in [0.2, 0.25) is 11.8 Å². The second-order valence-corrected chi connectivity index (χ2v) is 11.0. The quantitative estimate of drug-likeness (QED) is 0.257. The van der Waals surface area contributed by atoms with Gasteiger partial charge >= 0.3 is 0 Å². The van der Waals surface area contributed by atoms with E-state index in [-0.39, 0.29) is 11.8 Å². The minimum absolute atomic E-state index is 0.356. The number of carbonyl (C=O) groups is 2. The van der Waals surface area contributed by atoms with Gasteiger partial charge in [-0.3, -0.25) is 9.59 Å². The summed E-state index contributed by atoms with van der Waals surface area (Å²) in [7, 11) is 0. The van der Waals surface area contributed by atoms with Gasteiger partial charge in [-0.2, -0.15) is 0 Å². The molecule has 1 fully saturated rings. The molecular weight excluding hydrogens is 533 g/mol. The Hall–Kier alpha value is -1.85. The summed E-state index contributed by atoms with van der Waals surface area (Å²) in [5.41, 5.74) is 4.33. The van der Waals surface area contributed by atoms with Crippen molar-refractivity contribution in [1.29, 1.82) is 0 Å². The van der Waals surface area contributed by atoms with Crippen LogP contribution in [0.5, 0.6) is 0 Å². The van der Waals surface area contributed by atoms with Crippen LogP contribution in [0.1, 0.15) is 27.8 Å². The lowest BCUT2D eigenvalue weighted by atomic mass is 9.54. The summed E-state index contributed by atoms with van der Waals surface area (Å²) in [6, 6.07) is 18.6. The summed E-state index contributed by atoms with van der Waals surface area (Å²) in [6.45, 7) is 1.84. The van der Waals surface area contributed by atoms with Crippen LogP contribution in [-0.2, 0) is 19.3 Å². The Bertz CT molecular complexity index is 1250. The van der Waals surface area contributed by atoms with Crippen molar-refractivity contribution in [1.82, 2.24) is 0 Å². The summed E-state index contributed by atoms with van der Waals surface area (Å²) in [5.74, 6) is -2.38. The number of carbonyl (C=O) groups excluding carboxylic acids is 2. The predicted molar refractivity (Wildman–Crippen MR) is 130 cm³/mol. The minimum atomic E-state index is -1.19. The molecule has 3 nitrogen and oxygen atoms in total. The molecule has 3 aromatic carbocycles. The van der Waals surface area contributed by atoms with Crippen molar-refractivity contribution in [3.05, 3.63) is 98.0 Å². The molecule has 1 saturated heterocycles. The summed E-state index contributed by atoms with van der Waals surface area (Å²) in [4.78, 5) is 26.8. The molecule has 0 unspecified atom stereocenters. The van der Waals surface area contributed by atoms with Gasteiger partial charge in [-0.25, -0.2) is 4.90 Å². The minimum Gasteiger partial charge on any atom is -0.274 e. The fourth-order valence-electron chi connectivity index (χ4n) is 5.78. The van der Waals surface area contributed by atoms with Gasteiger partial charge in [0.25, 0.3) is 0 Å². The number of alkyl halides is 2. The Morgan fingerprint density at radius 3 is 1.62 bits per heavy atom. The molecule has 7 heteroatoms. The van der Waals surface area contributed by atoms with Crippen molar-refractivity contribution >= 4 is 68.2 Å². The van der Waals surface area contributed by atoms with E-state index in [0.29, 0.717) is 15.2 Å². The third kappa shape index (κ3) is 2.24. The summed E-state index contributed by atoms with van der Waals surface area (Å²) >= 11 is 24.6. The molecule has 4 aliphatic rings. The second kappa shape index (κ2) is 6.60. The lowest BCUT2D eigenvalue weighted by molar-refractivity contribution is -0.122. The van der Waals surface area contributed by atoms with E-state index in [0.717, 1.165) is 27.8 Å². The maximum Gasteiger partial charge on any atom is 0.240 e. The molecule has 2 atom stereocenters. The van der Waals surface area contributed by atoms with Gasteiger partial charge in [-0.1, -0.05) is 60.1 Å². The van der Waals surface area contributed by atoms with Crippen LogP contribution in [0, 0.1) is 18.8 Å². The molecule has 7 rings (SSSR count). The highest BCUT2D eigenvalue weighted by Gasteiger charge is 2.73. The SMILES string of the molecule is Cc1cc(Br)c(Cl)cc1N1C(=O)[C@@H]2[C@@H](C1=O)C1(Cl)c3ccccc3C2(Cl)c2ccccc21. The van der Waals surface area contributed by atoms with Crippen LogP contribution in [0.25, 0.3) is 0 Å². The number of hydrogen-bond acceptors (Lipinski definition) is 2. The number of rotatable bonds is 1. The first-order chi connectivity index (χ1) is 15.2. The van der Waals surface area contributed by atoms with Crippen LogP contribution in [0.4, 0.5) is 5.69 Å². The number of anilines is 1. The molecule has 2 bridgehead atoms. The molecule has 0 radical (unpaired) electrons. The maximum atomic E-state index is 14.0. The van der Waals surface area contributed by atoms with E-state index in [1.807, 2.05) is 55.5 Å². The van der Waals surface area contributed by atoms with Crippen molar-refractivity contribution in [2.45, 2.75) is 16.7 Å². The molecule has 0 saturated carbocycles. The molecule has 3 aliphatic carbocycles. The lowest BCUT2D eigenvalue weighted by Crippen LogP contribution is -2.57. The van der Waals surface area contributed by atoms with Crippen LogP contribution < -0.4 is 4.90 Å². The second-order valence-electron chi connectivity index (χ2n) is 8.53. The molecule has 3 aromatic rings. The van der Waals surface area contributed by atoms with Crippen molar-refractivity contribution in [3.63, 3.8) is 0 Å². The highest BCUT2D eigenvalue weighted by atomic mass is 79.9. The fourth-order valence-corrected chi connectivity index (χ4v) is 7.49. The van der Waals surface area contributed by atoms with Gasteiger partial charge in [0.05, 0.1) is 22.5 Å². The van der Waals surface area contributed by atoms with Gasteiger partial charge in [0.1, 0.15) is 9.75 Å². The number of aryl methyl sites for hydroxylation is 1. The molecule has 0 N–H and O–H groups in total. The van der Waals surface area contributed by atoms with Gasteiger partial charge in [0, 0.05) is 4.47 Å². The van der Waals surface area contributed by atoms with Crippen LogP contribution in [0.2, 0.25) is 5.02 Å². The van der Waals surface area contributed by atoms with Crippen LogP contribution in [0.15, 0.2) is 65.1 Å².